The predicted octanol–water partition coefficient (Wildman–Crippen LogP) is 5.69. The van der Waals surface area contributed by atoms with E-state index >= 15 is 4.39 Å². The van der Waals surface area contributed by atoms with Crippen molar-refractivity contribution in [1.29, 1.82) is 0 Å². The maximum Gasteiger partial charge on any atom is 0.354 e. The van der Waals surface area contributed by atoms with Gasteiger partial charge in [-0.15, -0.1) is 0 Å². The molecule has 2 N–H and O–H groups in total. The lowest BCUT2D eigenvalue weighted by Gasteiger charge is -2.40. The zero-order valence-corrected chi connectivity index (χ0v) is 24.0. The van der Waals surface area contributed by atoms with Gasteiger partial charge >= 0.3 is 5.97 Å². The Kier molecular flexibility index (Phi) is 6.41. The second-order valence-corrected chi connectivity index (χ2v) is 12.8. The van der Waals surface area contributed by atoms with E-state index in [0.29, 0.717) is 28.4 Å². The molecule has 3 aliphatic rings. The molecular weight excluding hydrogens is 570 g/mol. The molecule has 41 heavy (non-hydrogen) atoms. The van der Waals surface area contributed by atoms with Crippen molar-refractivity contribution < 1.29 is 23.9 Å². The summed E-state index contributed by atoms with van der Waals surface area (Å²) in [6, 6.07) is 11.3. The minimum absolute atomic E-state index is 0.103. The maximum atomic E-state index is 16.0. The highest BCUT2D eigenvalue weighted by molar-refractivity contribution is 6.31. The van der Waals surface area contributed by atoms with Gasteiger partial charge in [0.1, 0.15) is 16.9 Å². The highest BCUT2D eigenvalue weighted by Gasteiger charge is 2.71. The monoisotopic (exact) mass is 596 g/mol. The Morgan fingerprint density at radius 3 is 2.59 bits per heavy atom. The number of pyridine rings is 1. The van der Waals surface area contributed by atoms with Gasteiger partial charge in [-0.3, -0.25) is 19.4 Å². The summed E-state index contributed by atoms with van der Waals surface area (Å²) in [5.41, 5.74) is 0.0291. The molecule has 2 saturated heterocycles. The summed E-state index contributed by atoms with van der Waals surface area (Å²) in [5.74, 6) is -3.46. The van der Waals surface area contributed by atoms with Crippen LogP contribution in [0, 0.1) is 11.2 Å². The number of aromatic nitrogens is 1. The van der Waals surface area contributed by atoms with Crippen LogP contribution in [-0.2, 0) is 15.0 Å². The number of carbonyl (C=O) groups excluding carboxylic acids is 2. The lowest BCUT2D eigenvalue weighted by molar-refractivity contribution is -0.122. The van der Waals surface area contributed by atoms with Crippen LogP contribution in [0.1, 0.15) is 54.7 Å². The molecule has 3 aromatic rings. The van der Waals surface area contributed by atoms with Crippen LogP contribution in [0.25, 0.3) is 0 Å². The van der Waals surface area contributed by atoms with Crippen LogP contribution < -0.4 is 10.2 Å². The molecule has 0 bridgehead atoms. The van der Waals surface area contributed by atoms with Gasteiger partial charge in [0.25, 0.3) is 0 Å². The molecule has 0 unspecified atom stereocenters. The zero-order valence-electron chi connectivity index (χ0n) is 22.5. The Morgan fingerprint density at radius 2 is 1.93 bits per heavy atom. The Balaban J connectivity index is 1.59. The first-order valence-corrected chi connectivity index (χ1v) is 13.9. The summed E-state index contributed by atoms with van der Waals surface area (Å²) < 4.78 is 16.0. The smallest absolute Gasteiger partial charge is 0.354 e. The van der Waals surface area contributed by atoms with E-state index in [9.17, 15) is 19.5 Å². The van der Waals surface area contributed by atoms with Crippen LogP contribution in [-0.4, -0.2) is 51.5 Å². The van der Waals surface area contributed by atoms with E-state index in [2.05, 4.69) is 31.1 Å². The highest BCUT2D eigenvalue weighted by Crippen LogP contribution is 2.61. The topological polar surface area (TPSA) is 103 Å². The fraction of sp³-hybridized carbons (Fsp3) is 0.333. The quantitative estimate of drug-likeness (QED) is 0.401. The third-order valence-electron chi connectivity index (χ3n) is 8.37. The van der Waals surface area contributed by atoms with Crippen molar-refractivity contribution in [3.8, 4) is 0 Å². The van der Waals surface area contributed by atoms with Crippen LogP contribution in [0.4, 0.5) is 15.8 Å². The van der Waals surface area contributed by atoms with Crippen LogP contribution in [0.2, 0.25) is 10.0 Å². The number of benzene rings is 2. The normalized spacial score (nSPS) is 25.5. The van der Waals surface area contributed by atoms with Gasteiger partial charge in [0.2, 0.25) is 11.8 Å². The molecule has 0 saturated carbocycles. The van der Waals surface area contributed by atoms with Crippen molar-refractivity contribution in [2.24, 2.45) is 5.41 Å². The Morgan fingerprint density at radius 1 is 1.17 bits per heavy atom. The largest absolute Gasteiger partial charge is 0.477 e. The van der Waals surface area contributed by atoms with Crippen molar-refractivity contribution in [1.82, 2.24) is 9.88 Å². The van der Waals surface area contributed by atoms with E-state index in [-0.39, 0.29) is 40.2 Å². The molecule has 2 amide bonds. The summed E-state index contributed by atoms with van der Waals surface area (Å²) in [7, 11) is 0. The number of aromatic carboxylic acids is 1. The van der Waals surface area contributed by atoms with Crippen molar-refractivity contribution in [3.05, 3.63) is 87.4 Å². The molecule has 3 aliphatic heterocycles. The zero-order chi connectivity index (χ0) is 29.4. The summed E-state index contributed by atoms with van der Waals surface area (Å²) in [4.78, 5) is 47.5. The molecule has 2 aromatic carbocycles. The van der Waals surface area contributed by atoms with Crippen LogP contribution in [0.3, 0.4) is 0 Å². The maximum absolute atomic E-state index is 16.0. The number of hydrogen-bond donors (Lipinski definition) is 2. The van der Waals surface area contributed by atoms with E-state index in [1.807, 2.05) is 4.90 Å². The Labute approximate surface area is 246 Å². The van der Waals surface area contributed by atoms with Gasteiger partial charge in [-0.25, -0.2) is 14.2 Å². The van der Waals surface area contributed by atoms with E-state index in [1.165, 1.54) is 29.3 Å². The van der Waals surface area contributed by atoms with Crippen LogP contribution in [0.15, 0.2) is 54.7 Å². The van der Waals surface area contributed by atoms with Crippen LogP contribution in [0.5, 0.6) is 0 Å². The first-order valence-electron chi connectivity index (χ1n) is 13.2. The third kappa shape index (κ3) is 4.13. The second-order valence-electron chi connectivity index (χ2n) is 12.0. The molecule has 0 radical (unpaired) electrons. The van der Waals surface area contributed by atoms with Crippen molar-refractivity contribution in [2.75, 3.05) is 16.9 Å². The minimum Gasteiger partial charge on any atom is -0.477 e. The molecule has 212 valence electrons. The number of anilines is 2. The fourth-order valence-electron chi connectivity index (χ4n) is 6.85. The number of halogens is 3. The Bertz CT molecular complexity index is 1610. The number of amides is 2. The molecule has 4 heterocycles. The first kappa shape index (κ1) is 27.6. The number of nitrogens with one attached hydrogen (secondary N) is 1. The minimum atomic E-state index is -1.32. The average molecular weight is 597 g/mol. The average Bonchev–Trinajstić information content (AvgIpc) is 3.48. The predicted molar refractivity (Wildman–Crippen MR) is 153 cm³/mol. The number of carbonyl (C=O) groups is 3. The molecule has 1 aromatic heterocycles. The molecule has 4 atom stereocenters. The van der Waals surface area contributed by atoms with E-state index < -0.39 is 35.2 Å². The molecule has 2 fully saturated rings. The highest BCUT2D eigenvalue weighted by atomic mass is 35.5. The molecule has 0 aliphatic carbocycles. The van der Waals surface area contributed by atoms with Crippen molar-refractivity contribution in [2.45, 2.75) is 50.6 Å². The van der Waals surface area contributed by atoms with E-state index in [0.717, 1.165) is 0 Å². The van der Waals surface area contributed by atoms with Gasteiger partial charge in [0, 0.05) is 22.7 Å². The number of carboxylic acid groups (broad SMARTS) is 1. The van der Waals surface area contributed by atoms with Crippen molar-refractivity contribution >= 4 is 52.4 Å². The summed E-state index contributed by atoms with van der Waals surface area (Å²) in [6.45, 7) is 6.28. The fourth-order valence-corrected chi connectivity index (χ4v) is 7.20. The molecular formula is C30H27Cl2FN4O4. The first-order chi connectivity index (χ1) is 19.3. The van der Waals surface area contributed by atoms with Crippen molar-refractivity contribution in [3.63, 3.8) is 0 Å². The van der Waals surface area contributed by atoms with Gasteiger partial charge in [-0.1, -0.05) is 62.2 Å². The summed E-state index contributed by atoms with van der Waals surface area (Å²) >= 11 is 12.6. The number of nitrogens with zero attached hydrogens (tertiary/aromatic N) is 3. The van der Waals surface area contributed by atoms with Gasteiger partial charge in [0.15, 0.2) is 0 Å². The van der Waals surface area contributed by atoms with Crippen LogP contribution >= 0.6 is 23.2 Å². The molecule has 1 spiro atoms. The second kappa shape index (κ2) is 9.51. The van der Waals surface area contributed by atoms with E-state index in [1.54, 1.807) is 30.3 Å². The number of hydrogen-bond acceptors (Lipinski definition) is 5. The number of rotatable bonds is 4. The number of carboxylic acids is 1. The number of fused-ring (bicyclic) bond motifs is 3. The SMILES string of the molecule is CC(C)(C)C[C@@H]1N2CN(c3ccc(C(=O)O)nc3)C(=O)[C@H]2[C@H](c2cccc(Cl)c2F)[C@]12C(=O)Nc1cc(Cl)ccc12. The van der Waals surface area contributed by atoms with Gasteiger partial charge in [0.05, 0.1) is 29.6 Å². The van der Waals surface area contributed by atoms with Gasteiger partial charge < -0.3 is 10.4 Å². The van der Waals surface area contributed by atoms with Gasteiger partial charge in [-0.2, -0.15) is 0 Å². The Hall–Kier alpha value is -3.53. The van der Waals surface area contributed by atoms with E-state index in [4.69, 9.17) is 23.2 Å². The molecule has 8 nitrogen and oxygen atoms in total. The molecule has 6 rings (SSSR count). The standard InChI is InChI=1S/C30H27Cl2FN4O4/c1-29(2,3)12-22-30(18-9-7-15(31)11-21(18)35-28(30)41)23(17-5-4-6-19(32)24(17)33)25-26(38)36(14-37(22)25)16-8-10-20(27(39)40)34-13-16/h4-11,13,22-23,25H,12,14H2,1-3H3,(H,35,41)(H,39,40)/t22-,23-,25+,30+/m0/s1. The third-order valence-corrected chi connectivity index (χ3v) is 8.89. The lowest BCUT2D eigenvalue weighted by atomic mass is 9.62. The summed E-state index contributed by atoms with van der Waals surface area (Å²) in [6.07, 6.45) is 1.85. The lowest BCUT2D eigenvalue weighted by Crippen LogP contribution is -2.52. The summed E-state index contributed by atoms with van der Waals surface area (Å²) in [5, 5.41) is 12.6. The molecule has 11 heteroatoms. The van der Waals surface area contributed by atoms with Gasteiger partial charge in [-0.05, 0) is 53.3 Å².